The molecule has 6 aromatic carbocycles. The quantitative estimate of drug-likeness (QED) is 0.228. The maximum absolute atomic E-state index is 2.41. The fourth-order valence-electron chi connectivity index (χ4n) is 5.25. The van der Waals surface area contributed by atoms with Crippen LogP contribution in [0.5, 0.6) is 0 Å². The average Bonchev–Trinajstić information content (AvgIpc) is 3.07. The Morgan fingerprint density at radius 1 is 0.238 bits per heavy atom. The van der Waals surface area contributed by atoms with Crippen LogP contribution in [-0.4, -0.2) is 13.3 Å². The summed E-state index contributed by atoms with van der Waals surface area (Å²) in [4.78, 5) is 0. The minimum absolute atomic E-state index is 0. The lowest BCUT2D eigenvalue weighted by Crippen LogP contribution is -3.00. The molecule has 4 heteroatoms. The molecule has 0 bridgehead atoms. The second-order valence-corrected chi connectivity index (χ2v) is 17.1. The van der Waals surface area contributed by atoms with Gasteiger partial charge in [-0.3, -0.25) is 0 Å². The molecule has 0 unspecified atom stereocenters. The summed E-state index contributed by atoms with van der Waals surface area (Å²) in [5.41, 5.74) is 0. The van der Waals surface area contributed by atoms with Crippen molar-refractivity contribution in [1.82, 2.24) is 0 Å². The van der Waals surface area contributed by atoms with Crippen molar-refractivity contribution in [3.63, 3.8) is 0 Å². The highest BCUT2D eigenvalue weighted by molar-refractivity contribution is 7.95. The van der Waals surface area contributed by atoms with E-state index in [9.17, 15) is 0 Å². The third kappa shape index (κ3) is 7.37. The summed E-state index contributed by atoms with van der Waals surface area (Å²) in [6.45, 7) is 4.82. The van der Waals surface area contributed by atoms with Crippen molar-refractivity contribution in [2.75, 3.05) is 13.3 Å². The van der Waals surface area contributed by atoms with Gasteiger partial charge in [-0.2, -0.15) is 0 Å². The van der Waals surface area contributed by atoms with Crippen LogP contribution in [0.4, 0.5) is 0 Å². The van der Waals surface area contributed by atoms with Crippen LogP contribution in [0.25, 0.3) is 0 Å². The highest BCUT2D eigenvalue weighted by Crippen LogP contribution is 2.52. The molecule has 0 fully saturated rings. The highest BCUT2D eigenvalue weighted by atomic mass is 79.9. The lowest BCUT2D eigenvalue weighted by atomic mass is 10.4. The van der Waals surface area contributed by atoms with Crippen LogP contribution in [0.15, 0.2) is 182 Å². The molecule has 0 aromatic heterocycles. The van der Waals surface area contributed by atoms with Gasteiger partial charge in [-0.1, -0.05) is 109 Å². The molecule has 6 aromatic rings. The van der Waals surface area contributed by atoms with Crippen LogP contribution < -0.4 is 65.8 Å². The molecule has 0 heterocycles. The zero-order chi connectivity index (χ0) is 27.7. The van der Waals surface area contributed by atoms with E-state index in [4.69, 9.17) is 0 Å². The van der Waals surface area contributed by atoms with Gasteiger partial charge >= 0.3 is 0 Å². The molecule has 0 N–H and O–H groups in total. The molecular weight excluding hydrogens is 678 g/mol. The summed E-state index contributed by atoms with van der Waals surface area (Å²) < 4.78 is 0. The van der Waals surface area contributed by atoms with Gasteiger partial charge in [-0.25, -0.2) is 0 Å². The summed E-state index contributed by atoms with van der Waals surface area (Å²) in [6.07, 6.45) is 0. The number of hydrogen-bond donors (Lipinski definition) is 0. The molecule has 0 radical (unpaired) electrons. The minimum atomic E-state index is -1.53. The fraction of sp³-hybridized carbons (Fsp3) is 0.0526. The second-order valence-electron chi connectivity index (χ2n) is 10.0. The summed E-state index contributed by atoms with van der Waals surface area (Å²) in [7, 11) is -3.05. The van der Waals surface area contributed by atoms with Gasteiger partial charge in [0.25, 0.3) is 0 Å². The number of benzene rings is 6. The summed E-state index contributed by atoms with van der Waals surface area (Å²) in [5.74, 6) is 0. The van der Waals surface area contributed by atoms with Gasteiger partial charge in [0, 0.05) is 0 Å². The molecule has 0 amide bonds. The predicted octanol–water partition coefficient (Wildman–Crippen LogP) is 1.23. The van der Waals surface area contributed by atoms with Crippen molar-refractivity contribution in [3.8, 4) is 0 Å². The lowest BCUT2D eigenvalue weighted by molar-refractivity contribution is -0.001000. The Hall–Kier alpha value is -2.86. The molecular formula is C38H36Br2P2. The summed E-state index contributed by atoms with van der Waals surface area (Å²) in [5, 5.41) is 8.57. The SMILES string of the molecule is C[P+](c1ccccc1)(c1ccccc1)c1ccccc1.C[P+](c1ccccc1)(c1ccccc1)c1ccccc1.[Br-].[Br-]. The van der Waals surface area contributed by atoms with Crippen LogP contribution >= 0.6 is 14.5 Å². The first kappa shape index (κ1) is 33.6. The van der Waals surface area contributed by atoms with Crippen LogP contribution in [0.2, 0.25) is 0 Å². The molecule has 0 aliphatic heterocycles. The van der Waals surface area contributed by atoms with Gasteiger partial charge in [-0.05, 0) is 72.8 Å². The molecule has 0 saturated heterocycles. The Labute approximate surface area is 274 Å². The molecule has 6 rings (SSSR count). The average molecular weight is 714 g/mol. The molecule has 42 heavy (non-hydrogen) atoms. The van der Waals surface area contributed by atoms with Gasteiger partial charge < -0.3 is 34.0 Å². The zero-order valence-electron chi connectivity index (χ0n) is 24.0. The van der Waals surface area contributed by atoms with Crippen molar-refractivity contribution in [3.05, 3.63) is 182 Å². The molecule has 0 aliphatic carbocycles. The second kappa shape index (κ2) is 16.1. The maximum atomic E-state index is 2.41. The monoisotopic (exact) mass is 712 g/mol. The number of halogens is 2. The topological polar surface area (TPSA) is 0 Å². The van der Waals surface area contributed by atoms with E-state index in [2.05, 4.69) is 195 Å². The van der Waals surface area contributed by atoms with E-state index in [0.29, 0.717) is 0 Å². The fourth-order valence-corrected chi connectivity index (χ4v) is 11.7. The van der Waals surface area contributed by atoms with E-state index in [1.807, 2.05) is 0 Å². The minimum Gasteiger partial charge on any atom is -1.00 e. The Kier molecular flexibility index (Phi) is 12.9. The Balaban J connectivity index is 0.000000220. The van der Waals surface area contributed by atoms with Crippen molar-refractivity contribution in [2.24, 2.45) is 0 Å². The molecule has 0 aliphatic rings. The first-order chi connectivity index (χ1) is 19.6. The van der Waals surface area contributed by atoms with Gasteiger partial charge in [0.2, 0.25) is 0 Å². The van der Waals surface area contributed by atoms with E-state index < -0.39 is 14.5 Å². The van der Waals surface area contributed by atoms with Gasteiger partial charge in [0.05, 0.1) is 13.3 Å². The van der Waals surface area contributed by atoms with E-state index in [0.717, 1.165) is 0 Å². The zero-order valence-corrected chi connectivity index (χ0v) is 28.9. The van der Waals surface area contributed by atoms with Crippen LogP contribution in [0.1, 0.15) is 0 Å². The lowest BCUT2D eigenvalue weighted by Gasteiger charge is -2.22. The van der Waals surface area contributed by atoms with E-state index in [1.54, 1.807) is 0 Å². The smallest absolute Gasteiger partial charge is 0.109 e. The Bertz CT molecular complexity index is 1260. The van der Waals surface area contributed by atoms with Gasteiger partial charge in [0.15, 0.2) is 0 Å². The summed E-state index contributed by atoms with van der Waals surface area (Å²) >= 11 is 0. The van der Waals surface area contributed by atoms with Crippen molar-refractivity contribution in [2.45, 2.75) is 0 Å². The van der Waals surface area contributed by atoms with Crippen molar-refractivity contribution in [1.29, 1.82) is 0 Å². The molecule has 0 spiro atoms. The van der Waals surface area contributed by atoms with E-state index in [1.165, 1.54) is 31.8 Å². The largest absolute Gasteiger partial charge is 1.00 e. The van der Waals surface area contributed by atoms with Gasteiger partial charge in [-0.15, -0.1) is 0 Å². The first-order valence-electron chi connectivity index (χ1n) is 13.7. The van der Waals surface area contributed by atoms with E-state index in [-0.39, 0.29) is 34.0 Å². The number of hydrogen-bond acceptors (Lipinski definition) is 0. The maximum Gasteiger partial charge on any atom is 0.109 e. The standard InChI is InChI=1S/2C19H18P.2BrH/c2*1-20(17-11-5-2-6-12-17,18-13-7-3-8-14-18)19-15-9-4-10-16-19;;/h2*2-16H,1H3;2*1H/q2*+1;;/p-2. The third-order valence-electron chi connectivity index (χ3n) is 7.64. The number of rotatable bonds is 6. The summed E-state index contributed by atoms with van der Waals surface area (Å²) in [6, 6.07) is 65.3. The van der Waals surface area contributed by atoms with E-state index >= 15 is 0 Å². The third-order valence-corrected chi connectivity index (χ3v) is 15.6. The molecule has 0 saturated carbocycles. The first-order valence-corrected chi connectivity index (χ1v) is 18.2. The molecule has 0 atom stereocenters. The van der Waals surface area contributed by atoms with Crippen LogP contribution in [0.3, 0.4) is 0 Å². The molecule has 0 nitrogen and oxygen atoms in total. The Morgan fingerprint density at radius 2 is 0.357 bits per heavy atom. The van der Waals surface area contributed by atoms with Crippen LogP contribution in [0, 0.1) is 0 Å². The predicted molar refractivity (Wildman–Crippen MR) is 182 cm³/mol. The van der Waals surface area contributed by atoms with Crippen molar-refractivity contribution >= 4 is 46.4 Å². The Morgan fingerprint density at radius 3 is 0.476 bits per heavy atom. The molecule has 212 valence electrons. The highest BCUT2D eigenvalue weighted by Gasteiger charge is 2.40. The van der Waals surface area contributed by atoms with Crippen molar-refractivity contribution < 1.29 is 34.0 Å². The van der Waals surface area contributed by atoms with Gasteiger partial charge in [0.1, 0.15) is 46.4 Å². The van der Waals surface area contributed by atoms with Crippen LogP contribution in [-0.2, 0) is 0 Å². The normalized spacial score (nSPS) is 10.7.